The van der Waals surface area contributed by atoms with E-state index < -0.39 is 0 Å². The van der Waals surface area contributed by atoms with Gasteiger partial charge in [0, 0.05) is 22.8 Å². The zero-order valence-corrected chi connectivity index (χ0v) is 18.9. The van der Waals surface area contributed by atoms with Crippen LogP contribution in [-0.2, 0) is 6.54 Å². The fourth-order valence-electron chi connectivity index (χ4n) is 3.77. The Labute approximate surface area is 186 Å². The molecule has 0 bridgehead atoms. The number of hydrogen-bond acceptors (Lipinski definition) is 6. The number of aryl methyl sites for hydroxylation is 1. The van der Waals surface area contributed by atoms with E-state index in [1.54, 1.807) is 14.2 Å². The summed E-state index contributed by atoms with van der Waals surface area (Å²) in [5.41, 5.74) is 1.77. The molecule has 5 nitrogen and oxygen atoms in total. The van der Waals surface area contributed by atoms with Crippen LogP contribution in [0.25, 0.3) is 11.5 Å². The van der Waals surface area contributed by atoms with Crippen molar-refractivity contribution in [3.63, 3.8) is 0 Å². The van der Waals surface area contributed by atoms with Crippen LogP contribution in [0.2, 0.25) is 0 Å². The SMILES string of the molecule is COc1ccc(-c2nc(CN3CCC(Sc4ccc(F)cc4)CC3)c(C)o2)c(OC)c1. The van der Waals surface area contributed by atoms with E-state index in [1.807, 2.05) is 49.0 Å². The lowest BCUT2D eigenvalue weighted by Crippen LogP contribution is -2.34. The number of thioether (sulfide) groups is 1. The maximum absolute atomic E-state index is 13.1. The van der Waals surface area contributed by atoms with E-state index in [-0.39, 0.29) is 5.82 Å². The fourth-order valence-corrected chi connectivity index (χ4v) is 4.89. The van der Waals surface area contributed by atoms with Crippen LogP contribution in [0.5, 0.6) is 11.5 Å². The van der Waals surface area contributed by atoms with Gasteiger partial charge in [-0.3, -0.25) is 4.90 Å². The van der Waals surface area contributed by atoms with E-state index in [0.29, 0.717) is 16.9 Å². The third-order valence-electron chi connectivity index (χ3n) is 5.56. The Morgan fingerprint density at radius 1 is 1.10 bits per heavy atom. The molecule has 2 aromatic carbocycles. The minimum absolute atomic E-state index is 0.186. The Morgan fingerprint density at radius 3 is 2.52 bits per heavy atom. The molecule has 2 heterocycles. The molecule has 0 saturated carbocycles. The predicted octanol–water partition coefficient (Wildman–Crippen LogP) is 5.56. The summed E-state index contributed by atoms with van der Waals surface area (Å²) in [5, 5.41) is 0.555. The highest BCUT2D eigenvalue weighted by molar-refractivity contribution is 8.00. The van der Waals surface area contributed by atoms with Gasteiger partial charge in [-0.05, 0) is 69.3 Å². The first-order chi connectivity index (χ1) is 15.1. The summed E-state index contributed by atoms with van der Waals surface area (Å²) in [6, 6.07) is 12.4. The van der Waals surface area contributed by atoms with Crippen molar-refractivity contribution >= 4 is 11.8 Å². The van der Waals surface area contributed by atoms with Gasteiger partial charge in [0.25, 0.3) is 0 Å². The molecular weight excluding hydrogens is 415 g/mol. The number of aromatic nitrogens is 1. The lowest BCUT2D eigenvalue weighted by Gasteiger charge is -2.31. The van der Waals surface area contributed by atoms with Crippen LogP contribution >= 0.6 is 11.8 Å². The monoisotopic (exact) mass is 442 g/mol. The van der Waals surface area contributed by atoms with E-state index >= 15 is 0 Å². The third-order valence-corrected chi connectivity index (χ3v) is 6.91. The summed E-state index contributed by atoms with van der Waals surface area (Å²) in [7, 11) is 3.26. The predicted molar refractivity (Wildman–Crippen MR) is 120 cm³/mol. The minimum Gasteiger partial charge on any atom is -0.497 e. The molecule has 0 aliphatic carbocycles. The zero-order chi connectivity index (χ0) is 21.8. The molecule has 4 rings (SSSR count). The summed E-state index contributed by atoms with van der Waals surface area (Å²) in [5.74, 6) is 2.61. The molecule has 1 saturated heterocycles. The number of likely N-dealkylation sites (tertiary alicyclic amines) is 1. The first-order valence-electron chi connectivity index (χ1n) is 10.4. The van der Waals surface area contributed by atoms with Crippen LogP contribution in [0.15, 0.2) is 51.8 Å². The molecule has 1 fully saturated rings. The summed E-state index contributed by atoms with van der Waals surface area (Å²) in [6.45, 7) is 4.74. The molecule has 164 valence electrons. The first-order valence-corrected chi connectivity index (χ1v) is 11.3. The number of benzene rings is 2. The van der Waals surface area contributed by atoms with E-state index in [0.717, 1.165) is 60.1 Å². The average Bonchev–Trinajstić information content (AvgIpc) is 3.16. The second-order valence-corrected chi connectivity index (χ2v) is 9.01. The van der Waals surface area contributed by atoms with Crippen LogP contribution in [-0.4, -0.2) is 42.4 Å². The molecule has 1 aliphatic heterocycles. The molecule has 1 aromatic heterocycles. The minimum atomic E-state index is -0.186. The molecule has 0 N–H and O–H groups in total. The highest BCUT2D eigenvalue weighted by Crippen LogP contribution is 2.35. The van der Waals surface area contributed by atoms with Gasteiger partial charge in [-0.25, -0.2) is 9.37 Å². The van der Waals surface area contributed by atoms with Crippen LogP contribution in [0.1, 0.15) is 24.3 Å². The number of nitrogens with zero attached hydrogens (tertiary/aromatic N) is 2. The lowest BCUT2D eigenvalue weighted by molar-refractivity contribution is 0.221. The molecule has 0 atom stereocenters. The summed E-state index contributed by atoms with van der Waals surface area (Å²) in [6.07, 6.45) is 2.19. The number of methoxy groups -OCH3 is 2. The van der Waals surface area contributed by atoms with Gasteiger partial charge in [-0.1, -0.05) is 0 Å². The summed E-state index contributed by atoms with van der Waals surface area (Å²) >= 11 is 1.84. The number of hydrogen-bond donors (Lipinski definition) is 0. The van der Waals surface area contributed by atoms with Crippen LogP contribution in [0, 0.1) is 12.7 Å². The van der Waals surface area contributed by atoms with Crippen molar-refractivity contribution in [3.05, 3.63) is 59.7 Å². The summed E-state index contributed by atoms with van der Waals surface area (Å²) < 4.78 is 29.8. The number of rotatable bonds is 7. The third kappa shape index (κ3) is 5.22. The highest BCUT2D eigenvalue weighted by Gasteiger charge is 2.23. The normalized spacial score (nSPS) is 15.2. The second kappa shape index (κ2) is 9.75. The Bertz CT molecular complexity index is 1010. The largest absolute Gasteiger partial charge is 0.497 e. The van der Waals surface area contributed by atoms with Gasteiger partial charge in [0.1, 0.15) is 23.1 Å². The average molecular weight is 443 g/mol. The van der Waals surface area contributed by atoms with Crippen molar-refractivity contribution in [2.24, 2.45) is 0 Å². The van der Waals surface area contributed by atoms with E-state index in [4.69, 9.17) is 18.9 Å². The Hall–Kier alpha value is -2.51. The molecule has 0 amide bonds. The smallest absolute Gasteiger partial charge is 0.230 e. The van der Waals surface area contributed by atoms with Crippen molar-refractivity contribution in [2.45, 2.75) is 36.5 Å². The van der Waals surface area contributed by atoms with E-state index in [2.05, 4.69) is 4.90 Å². The topological polar surface area (TPSA) is 47.7 Å². The Balaban J connectivity index is 1.38. The van der Waals surface area contributed by atoms with Gasteiger partial charge in [-0.15, -0.1) is 11.8 Å². The number of piperidine rings is 1. The molecular formula is C24H27FN2O3S. The van der Waals surface area contributed by atoms with Gasteiger partial charge < -0.3 is 13.9 Å². The van der Waals surface area contributed by atoms with Gasteiger partial charge in [-0.2, -0.15) is 0 Å². The number of halogens is 1. The van der Waals surface area contributed by atoms with Crippen LogP contribution in [0.3, 0.4) is 0 Å². The Morgan fingerprint density at radius 2 is 1.84 bits per heavy atom. The molecule has 0 unspecified atom stereocenters. The standard InChI is InChI=1S/C24H27FN2O3S/c1-16-22(26-24(30-16)21-9-6-18(28-2)14-23(21)29-3)15-27-12-10-20(11-13-27)31-19-7-4-17(25)5-8-19/h4-9,14,20H,10-13,15H2,1-3H3. The molecule has 3 aromatic rings. The van der Waals surface area contributed by atoms with Gasteiger partial charge in [0.15, 0.2) is 0 Å². The quantitative estimate of drug-likeness (QED) is 0.477. The van der Waals surface area contributed by atoms with Gasteiger partial charge >= 0.3 is 0 Å². The van der Waals surface area contributed by atoms with Crippen molar-refractivity contribution in [2.75, 3.05) is 27.3 Å². The lowest BCUT2D eigenvalue weighted by atomic mass is 10.1. The molecule has 1 aliphatic rings. The fraction of sp³-hybridized carbons (Fsp3) is 0.375. The number of ether oxygens (including phenoxy) is 2. The summed E-state index contributed by atoms with van der Waals surface area (Å²) in [4.78, 5) is 8.31. The maximum Gasteiger partial charge on any atom is 0.230 e. The van der Waals surface area contributed by atoms with Crippen molar-refractivity contribution in [3.8, 4) is 23.0 Å². The van der Waals surface area contributed by atoms with Crippen molar-refractivity contribution in [1.82, 2.24) is 9.88 Å². The van der Waals surface area contributed by atoms with Crippen LogP contribution < -0.4 is 9.47 Å². The van der Waals surface area contributed by atoms with Gasteiger partial charge in [0.05, 0.1) is 25.5 Å². The highest BCUT2D eigenvalue weighted by atomic mass is 32.2. The number of oxazole rings is 1. The van der Waals surface area contributed by atoms with Crippen molar-refractivity contribution in [1.29, 1.82) is 0 Å². The van der Waals surface area contributed by atoms with Crippen molar-refractivity contribution < 1.29 is 18.3 Å². The van der Waals surface area contributed by atoms with E-state index in [1.165, 1.54) is 12.1 Å². The molecule has 31 heavy (non-hydrogen) atoms. The molecule has 7 heteroatoms. The second-order valence-electron chi connectivity index (χ2n) is 7.64. The van der Waals surface area contributed by atoms with Crippen LogP contribution in [0.4, 0.5) is 4.39 Å². The molecule has 0 spiro atoms. The first kappa shape index (κ1) is 21.7. The zero-order valence-electron chi connectivity index (χ0n) is 18.1. The molecule has 0 radical (unpaired) electrons. The Kier molecular flexibility index (Phi) is 6.83. The van der Waals surface area contributed by atoms with E-state index in [9.17, 15) is 4.39 Å². The van der Waals surface area contributed by atoms with Gasteiger partial charge in [0.2, 0.25) is 5.89 Å². The maximum atomic E-state index is 13.1.